The molecule has 1 atom stereocenters. The van der Waals surface area contributed by atoms with Gasteiger partial charge in [0.15, 0.2) is 11.5 Å². The summed E-state index contributed by atoms with van der Waals surface area (Å²) in [7, 11) is 4.76. The van der Waals surface area contributed by atoms with Crippen LogP contribution in [-0.4, -0.2) is 50.6 Å². The average Bonchev–Trinajstić information content (AvgIpc) is 3.12. The van der Waals surface area contributed by atoms with E-state index >= 15 is 0 Å². The van der Waals surface area contributed by atoms with Crippen molar-refractivity contribution in [1.82, 2.24) is 4.90 Å². The lowest BCUT2D eigenvalue weighted by Gasteiger charge is -2.23. The van der Waals surface area contributed by atoms with Gasteiger partial charge in [-0.3, -0.25) is 9.59 Å². The van der Waals surface area contributed by atoms with Gasteiger partial charge in [0.05, 0.1) is 24.9 Å². The van der Waals surface area contributed by atoms with E-state index in [-0.39, 0.29) is 11.8 Å². The second-order valence-electron chi connectivity index (χ2n) is 6.64. The van der Waals surface area contributed by atoms with Gasteiger partial charge in [-0.1, -0.05) is 29.8 Å². The molecule has 0 aliphatic carbocycles. The standard InChI is InChI=1S/C22H23ClN2O4/c1-24(18-12-13-25(22(18)27)17-7-5-4-6-16(17)23)21(26)11-9-15-8-10-19(28-2)20(14-15)29-3/h4-11,14,18H,12-13H2,1-3H3. The quantitative estimate of drug-likeness (QED) is 0.677. The molecule has 2 aromatic rings. The summed E-state index contributed by atoms with van der Waals surface area (Å²) < 4.78 is 10.5. The number of likely N-dealkylation sites (N-methyl/N-ethyl adjacent to an activating group) is 1. The third-order valence-corrected chi connectivity index (χ3v) is 5.28. The van der Waals surface area contributed by atoms with E-state index in [0.717, 1.165) is 5.56 Å². The van der Waals surface area contributed by atoms with Crippen LogP contribution in [0.3, 0.4) is 0 Å². The smallest absolute Gasteiger partial charge is 0.249 e. The highest BCUT2D eigenvalue weighted by atomic mass is 35.5. The number of anilines is 1. The number of hydrogen-bond donors (Lipinski definition) is 0. The summed E-state index contributed by atoms with van der Waals surface area (Å²) in [5.41, 5.74) is 1.46. The molecule has 1 unspecified atom stereocenters. The van der Waals surface area contributed by atoms with Crippen LogP contribution in [0.1, 0.15) is 12.0 Å². The molecule has 1 aliphatic heterocycles. The largest absolute Gasteiger partial charge is 0.493 e. The zero-order valence-electron chi connectivity index (χ0n) is 16.6. The van der Waals surface area contributed by atoms with Crippen molar-refractivity contribution in [2.75, 3.05) is 32.7 Å². The SMILES string of the molecule is COc1ccc(C=CC(=O)N(C)C2CCN(c3ccccc3Cl)C2=O)cc1OC. The molecule has 0 N–H and O–H groups in total. The maximum atomic E-state index is 12.9. The Kier molecular flexibility index (Phi) is 6.44. The second kappa shape index (κ2) is 9.01. The number of carbonyl (C=O) groups is 2. The van der Waals surface area contributed by atoms with Gasteiger partial charge in [0.25, 0.3) is 0 Å². The molecule has 0 saturated carbocycles. The fourth-order valence-corrected chi connectivity index (χ4v) is 3.57. The Morgan fingerprint density at radius 3 is 2.59 bits per heavy atom. The molecule has 152 valence electrons. The summed E-state index contributed by atoms with van der Waals surface area (Å²) in [6.07, 6.45) is 3.69. The number of nitrogens with zero attached hydrogens (tertiary/aromatic N) is 2. The van der Waals surface area contributed by atoms with Gasteiger partial charge in [0.1, 0.15) is 6.04 Å². The molecule has 0 spiro atoms. The molecular formula is C22H23ClN2O4. The van der Waals surface area contributed by atoms with Crippen LogP contribution in [0.4, 0.5) is 5.69 Å². The minimum atomic E-state index is -0.520. The van der Waals surface area contributed by atoms with E-state index in [4.69, 9.17) is 21.1 Å². The Balaban J connectivity index is 1.70. The van der Waals surface area contributed by atoms with Crippen molar-refractivity contribution in [3.63, 3.8) is 0 Å². The summed E-state index contributed by atoms with van der Waals surface area (Å²) in [6.45, 7) is 0.518. The lowest BCUT2D eigenvalue weighted by atomic mass is 10.1. The maximum Gasteiger partial charge on any atom is 0.249 e. The summed E-state index contributed by atoms with van der Waals surface area (Å²) >= 11 is 6.22. The summed E-state index contributed by atoms with van der Waals surface area (Å²) in [5.74, 6) is 0.814. The van der Waals surface area contributed by atoms with Crippen molar-refractivity contribution in [3.05, 3.63) is 59.1 Å². The first-order valence-corrected chi connectivity index (χ1v) is 9.57. The average molecular weight is 415 g/mol. The maximum absolute atomic E-state index is 12.9. The van der Waals surface area contributed by atoms with Crippen molar-refractivity contribution >= 4 is 35.2 Å². The first kappa shape index (κ1) is 20.7. The van der Waals surface area contributed by atoms with Crippen LogP contribution < -0.4 is 14.4 Å². The van der Waals surface area contributed by atoms with Crippen LogP contribution in [0.2, 0.25) is 5.02 Å². The number of amides is 2. The van der Waals surface area contributed by atoms with Crippen molar-refractivity contribution in [2.45, 2.75) is 12.5 Å². The number of methoxy groups -OCH3 is 2. The molecule has 0 radical (unpaired) electrons. The van der Waals surface area contributed by atoms with Crippen molar-refractivity contribution < 1.29 is 19.1 Å². The number of rotatable bonds is 6. The van der Waals surface area contributed by atoms with E-state index < -0.39 is 6.04 Å². The summed E-state index contributed by atoms with van der Waals surface area (Å²) in [6, 6.07) is 12.1. The molecule has 1 saturated heterocycles. The lowest BCUT2D eigenvalue weighted by molar-refractivity contribution is -0.132. The number of para-hydroxylation sites is 1. The molecule has 7 heteroatoms. The summed E-state index contributed by atoms with van der Waals surface area (Å²) in [5, 5.41) is 0.517. The van der Waals surface area contributed by atoms with E-state index in [2.05, 4.69) is 0 Å². The van der Waals surface area contributed by atoms with Gasteiger partial charge >= 0.3 is 0 Å². The fraction of sp³-hybridized carbons (Fsp3) is 0.273. The van der Waals surface area contributed by atoms with Crippen LogP contribution in [0, 0.1) is 0 Å². The number of hydrogen-bond acceptors (Lipinski definition) is 4. The predicted molar refractivity (Wildman–Crippen MR) is 114 cm³/mol. The van der Waals surface area contributed by atoms with Crippen LogP contribution in [-0.2, 0) is 9.59 Å². The van der Waals surface area contributed by atoms with E-state index in [1.165, 1.54) is 11.0 Å². The Morgan fingerprint density at radius 1 is 1.17 bits per heavy atom. The molecule has 2 aromatic carbocycles. The predicted octanol–water partition coefficient (Wildman–Crippen LogP) is 3.63. The third-order valence-electron chi connectivity index (χ3n) is 4.96. The second-order valence-corrected chi connectivity index (χ2v) is 7.05. The van der Waals surface area contributed by atoms with Gasteiger partial charge < -0.3 is 19.3 Å². The highest BCUT2D eigenvalue weighted by Gasteiger charge is 2.37. The number of carbonyl (C=O) groups excluding carboxylic acids is 2. The molecule has 1 heterocycles. The fourth-order valence-electron chi connectivity index (χ4n) is 3.33. The summed E-state index contributed by atoms with van der Waals surface area (Å²) in [4.78, 5) is 28.6. The minimum absolute atomic E-state index is 0.131. The van der Waals surface area contributed by atoms with E-state index in [1.807, 2.05) is 18.2 Å². The molecule has 0 aromatic heterocycles. The molecular weight excluding hydrogens is 392 g/mol. The van der Waals surface area contributed by atoms with Crippen LogP contribution in [0.25, 0.3) is 6.08 Å². The molecule has 2 amide bonds. The number of ether oxygens (including phenoxy) is 2. The monoisotopic (exact) mass is 414 g/mol. The third kappa shape index (κ3) is 4.38. The topological polar surface area (TPSA) is 59.1 Å². The molecule has 1 aliphatic rings. The van der Waals surface area contributed by atoms with E-state index in [0.29, 0.717) is 35.2 Å². The van der Waals surface area contributed by atoms with Crippen molar-refractivity contribution in [2.24, 2.45) is 0 Å². The molecule has 6 nitrogen and oxygen atoms in total. The van der Waals surface area contributed by atoms with Crippen LogP contribution >= 0.6 is 11.6 Å². The van der Waals surface area contributed by atoms with Gasteiger partial charge in [-0.15, -0.1) is 0 Å². The van der Waals surface area contributed by atoms with Gasteiger partial charge in [-0.05, 0) is 42.3 Å². The number of benzene rings is 2. The highest BCUT2D eigenvalue weighted by molar-refractivity contribution is 6.34. The van der Waals surface area contributed by atoms with Crippen LogP contribution in [0.5, 0.6) is 11.5 Å². The Labute approximate surface area is 175 Å². The zero-order valence-corrected chi connectivity index (χ0v) is 17.3. The lowest BCUT2D eigenvalue weighted by Crippen LogP contribution is -2.42. The number of halogens is 1. The van der Waals surface area contributed by atoms with Crippen molar-refractivity contribution in [1.29, 1.82) is 0 Å². The van der Waals surface area contributed by atoms with Gasteiger partial charge in [-0.2, -0.15) is 0 Å². The van der Waals surface area contributed by atoms with Gasteiger partial charge in [0.2, 0.25) is 11.8 Å². The first-order chi connectivity index (χ1) is 14.0. The van der Waals surface area contributed by atoms with Crippen molar-refractivity contribution in [3.8, 4) is 11.5 Å². The van der Waals surface area contributed by atoms with E-state index in [1.54, 1.807) is 56.5 Å². The molecule has 29 heavy (non-hydrogen) atoms. The minimum Gasteiger partial charge on any atom is -0.493 e. The first-order valence-electron chi connectivity index (χ1n) is 9.19. The zero-order chi connectivity index (χ0) is 21.0. The Hall–Kier alpha value is -2.99. The van der Waals surface area contributed by atoms with Crippen LogP contribution in [0.15, 0.2) is 48.5 Å². The Morgan fingerprint density at radius 2 is 1.90 bits per heavy atom. The van der Waals surface area contributed by atoms with Gasteiger partial charge in [0, 0.05) is 19.7 Å². The highest BCUT2D eigenvalue weighted by Crippen LogP contribution is 2.30. The molecule has 0 bridgehead atoms. The molecule has 3 rings (SSSR count). The molecule has 1 fully saturated rings. The van der Waals surface area contributed by atoms with Gasteiger partial charge in [-0.25, -0.2) is 0 Å². The van der Waals surface area contributed by atoms with E-state index in [9.17, 15) is 9.59 Å². The Bertz CT molecular complexity index is 944. The normalized spacial score (nSPS) is 16.3.